The molecule has 4 nitrogen and oxygen atoms in total. The van der Waals surface area contributed by atoms with E-state index in [1.165, 1.54) is 0 Å². The van der Waals surface area contributed by atoms with E-state index < -0.39 is 6.10 Å². The van der Waals surface area contributed by atoms with Gasteiger partial charge in [-0.1, -0.05) is 6.07 Å². The van der Waals surface area contributed by atoms with E-state index in [4.69, 9.17) is 5.26 Å². The Hall–Kier alpha value is -1.57. The molecule has 1 aromatic rings. The van der Waals surface area contributed by atoms with Gasteiger partial charge in [0.15, 0.2) is 0 Å². The molecule has 0 saturated heterocycles. The number of hydrogen-bond donors (Lipinski definition) is 2. The van der Waals surface area contributed by atoms with Gasteiger partial charge in [0.1, 0.15) is 0 Å². The molecule has 1 rings (SSSR count). The Morgan fingerprint density at radius 1 is 1.33 bits per heavy atom. The zero-order valence-corrected chi connectivity index (χ0v) is 11.1. The summed E-state index contributed by atoms with van der Waals surface area (Å²) in [6.07, 6.45) is -0.296. The fourth-order valence-electron chi connectivity index (χ4n) is 1.80. The van der Waals surface area contributed by atoms with E-state index in [0.717, 1.165) is 11.3 Å². The SMILES string of the molecule is CC(O)CCN(C)c1cc(C#N)ccc1[C@H](C)O. The number of nitriles is 1. The number of aliphatic hydroxyl groups is 2. The molecule has 0 radical (unpaired) electrons. The van der Waals surface area contributed by atoms with Crippen LogP contribution in [0.3, 0.4) is 0 Å². The minimum absolute atomic E-state index is 0.360. The highest BCUT2D eigenvalue weighted by atomic mass is 16.3. The lowest BCUT2D eigenvalue weighted by Gasteiger charge is -2.24. The van der Waals surface area contributed by atoms with Crippen molar-refractivity contribution in [3.05, 3.63) is 29.3 Å². The van der Waals surface area contributed by atoms with Crippen molar-refractivity contribution < 1.29 is 10.2 Å². The van der Waals surface area contributed by atoms with E-state index in [1.807, 2.05) is 11.9 Å². The second-order valence-corrected chi connectivity index (χ2v) is 4.62. The first kappa shape index (κ1) is 14.5. The molecule has 0 fully saturated rings. The van der Waals surface area contributed by atoms with E-state index >= 15 is 0 Å². The van der Waals surface area contributed by atoms with Crippen LogP contribution in [0.15, 0.2) is 18.2 Å². The number of rotatable bonds is 5. The van der Waals surface area contributed by atoms with Crippen LogP contribution in [0.25, 0.3) is 0 Å². The smallest absolute Gasteiger partial charge is 0.0992 e. The maximum Gasteiger partial charge on any atom is 0.0992 e. The number of hydrogen-bond acceptors (Lipinski definition) is 4. The van der Waals surface area contributed by atoms with E-state index in [1.54, 1.807) is 32.0 Å². The zero-order valence-electron chi connectivity index (χ0n) is 11.1. The summed E-state index contributed by atoms with van der Waals surface area (Å²) in [5, 5.41) is 28.0. The van der Waals surface area contributed by atoms with Gasteiger partial charge in [0.05, 0.1) is 23.8 Å². The molecule has 0 amide bonds. The molecule has 0 aromatic heterocycles. The maximum absolute atomic E-state index is 9.74. The molecule has 0 saturated carbocycles. The lowest BCUT2D eigenvalue weighted by molar-refractivity contribution is 0.186. The normalized spacial score (nSPS) is 13.8. The molecule has 0 spiro atoms. The van der Waals surface area contributed by atoms with Crippen molar-refractivity contribution in [3.63, 3.8) is 0 Å². The highest BCUT2D eigenvalue weighted by Gasteiger charge is 2.13. The Morgan fingerprint density at radius 3 is 2.50 bits per heavy atom. The van der Waals surface area contributed by atoms with Gasteiger partial charge in [-0.15, -0.1) is 0 Å². The standard InChI is InChI=1S/C14H20N2O2/c1-10(17)6-7-16(3)14-8-12(9-15)4-5-13(14)11(2)18/h4-5,8,10-11,17-18H,6-7H2,1-3H3/t10?,11-/m0/s1. The molecule has 18 heavy (non-hydrogen) atoms. The van der Waals surface area contributed by atoms with Crippen LogP contribution in [0.2, 0.25) is 0 Å². The summed E-state index contributed by atoms with van der Waals surface area (Å²) >= 11 is 0. The van der Waals surface area contributed by atoms with Crippen molar-refractivity contribution in [1.82, 2.24) is 0 Å². The second kappa shape index (κ2) is 6.39. The van der Waals surface area contributed by atoms with Crippen LogP contribution >= 0.6 is 0 Å². The summed E-state index contributed by atoms with van der Waals surface area (Å²) in [6.45, 7) is 4.12. The van der Waals surface area contributed by atoms with Crippen LogP contribution < -0.4 is 4.90 Å². The van der Waals surface area contributed by atoms with Crippen molar-refractivity contribution in [1.29, 1.82) is 5.26 Å². The number of nitrogens with zero attached hydrogens (tertiary/aromatic N) is 2. The number of aliphatic hydroxyl groups excluding tert-OH is 2. The van der Waals surface area contributed by atoms with Gasteiger partial charge in [0, 0.05) is 24.8 Å². The highest BCUT2D eigenvalue weighted by Crippen LogP contribution is 2.27. The van der Waals surface area contributed by atoms with Crippen LogP contribution in [0.5, 0.6) is 0 Å². The molecular formula is C14H20N2O2. The fourth-order valence-corrected chi connectivity index (χ4v) is 1.80. The lowest BCUT2D eigenvalue weighted by Crippen LogP contribution is -2.23. The average Bonchev–Trinajstić information content (AvgIpc) is 2.34. The number of anilines is 1. The summed E-state index contributed by atoms with van der Waals surface area (Å²) in [5.74, 6) is 0. The minimum Gasteiger partial charge on any atom is -0.393 e. The van der Waals surface area contributed by atoms with Gasteiger partial charge in [-0.25, -0.2) is 0 Å². The molecular weight excluding hydrogens is 228 g/mol. The van der Waals surface area contributed by atoms with Gasteiger partial charge in [-0.05, 0) is 32.4 Å². The first-order valence-electron chi connectivity index (χ1n) is 6.07. The van der Waals surface area contributed by atoms with Gasteiger partial charge < -0.3 is 15.1 Å². The Balaban J connectivity index is 3.00. The summed E-state index contributed by atoms with van der Waals surface area (Å²) in [5.41, 5.74) is 2.20. The van der Waals surface area contributed by atoms with Gasteiger partial charge >= 0.3 is 0 Å². The first-order valence-corrected chi connectivity index (χ1v) is 6.07. The summed E-state index contributed by atoms with van der Waals surface area (Å²) in [6, 6.07) is 7.34. The molecule has 1 aromatic carbocycles. The third-order valence-electron chi connectivity index (χ3n) is 2.90. The number of benzene rings is 1. The highest BCUT2D eigenvalue weighted by molar-refractivity contribution is 5.58. The summed E-state index contributed by atoms with van der Waals surface area (Å²) < 4.78 is 0. The van der Waals surface area contributed by atoms with Gasteiger partial charge in [-0.3, -0.25) is 0 Å². The molecule has 0 bridgehead atoms. The maximum atomic E-state index is 9.74. The Kier molecular flexibility index (Phi) is 5.14. The lowest BCUT2D eigenvalue weighted by atomic mass is 10.0. The quantitative estimate of drug-likeness (QED) is 0.834. The topological polar surface area (TPSA) is 67.5 Å². The van der Waals surface area contributed by atoms with Gasteiger partial charge in [-0.2, -0.15) is 5.26 Å². The van der Waals surface area contributed by atoms with Crippen molar-refractivity contribution in [2.45, 2.75) is 32.5 Å². The first-order chi connectivity index (χ1) is 8.45. The monoisotopic (exact) mass is 248 g/mol. The molecule has 2 atom stereocenters. The van der Waals surface area contributed by atoms with Crippen molar-refractivity contribution in [3.8, 4) is 6.07 Å². The van der Waals surface area contributed by atoms with E-state index in [-0.39, 0.29) is 6.10 Å². The van der Waals surface area contributed by atoms with Crippen LogP contribution in [0.1, 0.15) is 37.5 Å². The molecule has 2 N–H and O–H groups in total. The Morgan fingerprint density at radius 2 is 2.00 bits per heavy atom. The molecule has 0 heterocycles. The summed E-state index contributed by atoms with van der Waals surface area (Å²) in [4.78, 5) is 1.95. The van der Waals surface area contributed by atoms with Crippen LogP contribution in [0.4, 0.5) is 5.69 Å². The minimum atomic E-state index is -0.582. The molecule has 0 aliphatic carbocycles. The molecule has 98 valence electrons. The third-order valence-corrected chi connectivity index (χ3v) is 2.90. The predicted octanol–water partition coefficient (Wildman–Crippen LogP) is 1.82. The molecule has 1 unspecified atom stereocenters. The van der Waals surface area contributed by atoms with E-state index in [0.29, 0.717) is 18.5 Å². The van der Waals surface area contributed by atoms with Gasteiger partial charge in [0.2, 0.25) is 0 Å². The molecule has 4 heteroatoms. The van der Waals surface area contributed by atoms with Crippen molar-refractivity contribution >= 4 is 5.69 Å². The molecule has 0 aliphatic heterocycles. The Bertz CT molecular complexity index is 436. The van der Waals surface area contributed by atoms with Crippen molar-refractivity contribution in [2.24, 2.45) is 0 Å². The van der Waals surface area contributed by atoms with Crippen LogP contribution in [-0.2, 0) is 0 Å². The van der Waals surface area contributed by atoms with Crippen LogP contribution in [-0.4, -0.2) is 29.9 Å². The Labute approximate surface area is 108 Å². The average molecular weight is 248 g/mol. The van der Waals surface area contributed by atoms with E-state index in [9.17, 15) is 10.2 Å². The predicted molar refractivity (Wildman–Crippen MR) is 71.4 cm³/mol. The van der Waals surface area contributed by atoms with Crippen LogP contribution in [0, 0.1) is 11.3 Å². The second-order valence-electron chi connectivity index (χ2n) is 4.62. The fraction of sp³-hybridized carbons (Fsp3) is 0.500. The summed E-state index contributed by atoms with van der Waals surface area (Å²) in [7, 11) is 1.89. The largest absolute Gasteiger partial charge is 0.393 e. The zero-order chi connectivity index (χ0) is 13.7. The third kappa shape index (κ3) is 3.73. The van der Waals surface area contributed by atoms with Gasteiger partial charge in [0.25, 0.3) is 0 Å². The van der Waals surface area contributed by atoms with Crippen molar-refractivity contribution in [2.75, 3.05) is 18.5 Å². The molecule has 0 aliphatic rings. The van der Waals surface area contributed by atoms with E-state index in [2.05, 4.69) is 6.07 Å².